The van der Waals surface area contributed by atoms with Gasteiger partial charge in [-0.1, -0.05) is 12.1 Å². The highest BCUT2D eigenvalue weighted by Crippen LogP contribution is 2.15. The minimum absolute atomic E-state index is 0.183. The lowest BCUT2D eigenvalue weighted by Crippen LogP contribution is -2.13. The molecule has 15 heavy (non-hydrogen) atoms. The smallest absolute Gasteiger partial charge is 0.243 e. The van der Waals surface area contributed by atoms with Gasteiger partial charge >= 0.3 is 0 Å². The molecule has 0 saturated carbocycles. The molecule has 0 aliphatic rings. The number of fused-ring (bicyclic) bond motifs is 1. The third kappa shape index (κ3) is 2.04. The number of benzene rings is 1. The second-order valence-corrected chi connectivity index (χ2v) is 2.97. The van der Waals surface area contributed by atoms with Gasteiger partial charge in [-0.2, -0.15) is 0 Å². The first kappa shape index (κ1) is 9.45. The van der Waals surface area contributed by atoms with Crippen molar-refractivity contribution in [3.05, 3.63) is 36.2 Å². The number of rotatable bonds is 2. The lowest BCUT2D eigenvalue weighted by molar-refractivity contribution is -0.115. The molecule has 0 spiro atoms. The van der Waals surface area contributed by atoms with Crippen LogP contribution in [0, 0.1) is 0 Å². The number of likely N-dealkylation sites (N-methyl/N-ethyl adjacent to an activating group) is 1. The minimum Gasteiger partial charge on any atom is -0.437 e. The molecule has 0 radical (unpaired) electrons. The van der Waals surface area contributed by atoms with Crippen LogP contribution in [0.3, 0.4) is 0 Å². The zero-order valence-electron chi connectivity index (χ0n) is 8.23. The molecule has 4 heteroatoms. The summed E-state index contributed by atoms with van der Waals surface area (Å²) in [5, 5.41) is 2.47. The van der Waals surface area contributed by atoms with E-state index in [4.69, 9.17) is 4.42 Å². The van der Waals surface area contributed by atoms with Gasteiger partial charge < -0.3 is 9.73 Å². The third-order valence-corrected chi connectivity index (χ3v) is 1.93. The van der Waals surface area contributed by atoms with Gasteiger partial charge in [-0.05, 0) is 12.1 Å². The van der Waals surface area contributed by atoms with E-state index in [0.29, 0.717) is 11.5 Å². The van der Waals surface area contributed by atoms with Gasteiger partial charge in [-0.25, -0.2) is 4.98 Å². The third-order valence-electron chi connectivity index (χ3n) is 1.93. The van der Waals surface area contributed by atoms with Crippen LogP contribution in [0.4, 0.5) is 0 Å². The lowest BCUT2D eigenvalue weighted by atomic mass is 10.3. The Balaban J connectivity index is 2.29. The monoisotopic (exact) mass is 202 g/mol. The van der Waals surface area contributed by atoms with Crippen LogP contribution in [0.25, 0.3) is 17.2 Å². The molecule has 0 aliphatic heterocycles. The molecule has 0 fully saturated rings. The molecule has 1 heterocycles. The van der Waals surface area contributed by atoms with Crippen molar-refractivity contribution in [2.45, 2.75) is 0 Å². The Morgan fingerprint density at radius 2 is 2.27 bits per heavy atom. The number of amides is 1. The molecule has 0 unspecified atom stereocenters. The molecule has 76 valence electrons. The molecule has 0 saturated heterocycles. The SMILES string of the molecule is CNC(=O)C=Cc1nc2ccccc2o1. The highest BCUT2D eigenvalue weighted by molar-refractivity contribution is 5.91. The van der Waals surface area contributed by atoms with Crippen LogP contribution in [0.2, 0.25) is 0 Å². The quantitative estimate of drug-likeness (QED) is 0.752. The van der Waals surface area contributed by atoms with Crippen molar-refractivity contribution in [3.63, 3.8) is 0 Å². The van der Waals surface area contributed by atoms with E-state index < -0.39 is 0 Å². The molecule has 2 aromatic rings. The van der Waals surface area contributed by atoms with Gasteiger partial charge in [0, 0.05) is 19.2 Å². The van der Waals surface area contributed by atoms with Crippen molar-refractivity contribution < 1.29 is 9.21 Å². The number of carbonyl (C=O) groups is 1. The van der Waals surface area contributed by atoms with Gasteiger partial charge in [0.15, 0.2) is 5.58 Å². The van der Waals surface area contributed by atoms with Crippen LogP contribution in [0.1, 0.15) is 5.89 Å². The minimum atomic E-state index is -0.183. The Kier molecular flexibility index (Phi) is 2.49. The summed E-state index contributed by atoms with van der Waals surface area (Å²) in [5.41, 5.74) is 1.50. The van der Waals surface area contributed by atoms with Crippen molar-refractivity contribution in [1.29, 1.82) is 0 Å². The molecule has 1 N–H and O–H groups in total. The number of hydrogen-bond acceptors (Lipinski definition) is 3. The zero-order chi connectivity index (χ0) is 10.7. The zero-order valence-corrected chi connectivity index (χ0v) is 8.23. The molecule has 1 amide bonds. The maximum atomic E-state index is 10.9. The second-order valence-electron chi connectivity index (χ2n) is 2.97. The van der Waals surface area contributed by atoms with E-state index in [1.54, 1.807) is 13.1 Å². The first-order valence-corrected chi connectivity index (χ1v) is 4.55. The van der Waals surface area contributed by atoms with E-state index in [-0.39, 0.29) is 5.91 Å². The normalized spacial score (nSPS) is 11.0. The first-order chi connectivity index (χ1) is 7.29. The summed E-state index contributed by atoms with van der Waals surface area (Å²) in [5.74, 6) is 0.247. The largest absolute Gasteiger partial charge is 0.437 e. The molecule has 1 aromatic carbocycles. The first-order valence-electron chi connectivity index (χ1n) is 4.55. The van der Waals surface area contributed by atoms with Gasteiger partial charge in [0.1, 0.15) is 5.52 Å². The van der Waals surface area contributed by atoms with Crippen LogP contribution >= 0.6 is 0 Å². The Hall–Kier alpha value is -2.10. The number of aromatic nitrogens is 1. The van der Waals surface area contributed by atoms with E-state index in [9.17, 15) is 4.79 Å². The predicted octanol–water partition coefficient (Wildman–Crippen LogP) is 1.59. The maximum absolute atomic E-state index is 10.9. The van der Waals surface area contributed by atoms with Gasteiger partial charge in [0.2, 0.25) is 11.8 Å². The summed E-state index contributed by atoms with van der Waals surface area (Å²) in [6.45, 7) is 0. The van der Waals surface area contributed by atoms with Crippen molar-refractivity contribution >= 4 is 23.1 Å². The molecule has 2 rings (SSSR count). The number of nitrogens with zero attached hydrogens (tertiary/aromatic N) is 1. The van der Waals surface area contributed by atoms with Gasteiger partial charge in [0.05, 0.1) is 0 Å². The highest BCUT2D eigenvalue weighted by atomic mass is 16.3. The van der Waals surface area contributed by atoms with Crippen molar-refractivity contribution in [3.8, 4) is 0 Å². The number of oxazole rings is 1. The summed E-state index contributed by atoms with van der Waals surface area (Å²) >= 11 is 0. The van der Waals surface area contributed by atoms with Gasteiger partial charge in [0.25, 0.3) is 0 Å². The predicted molar refractivity (Wildman–Crippen MR) is 57.1 cm³/mol. The summed E-state index contributed by atoms with van der Waals surface area (Å²) in [6, 6.07) is 7.45. The Labute approximate surface area is 86.6 Å². The lowest BCUT2D eigenvalue weighted by Gasteiger charge is -1.86. The van der Waals surface area contributed by atoms with Gasteiger partial charge in [-0.15, -0.1) is 0 Å². The van der Waals surface area contributed by atoms with Gasteiger partial charge in [-0.3, -0.25) is 4.79 Å². The van der Waals surface area contributed by atoms with Crippen LogP contribution < -0.4 is 5.32 Å². The van der Waals surface area contributed by atoms with E-state index in [0.717, 1.165) is 5.52 Å². The molecule has 0 bridgehead atoms. The summed E-state index contributed by atoms with van der Waals surface area (Å²) < 4.78 is 5.39. The van der Waals surface area contributed by atoms with Crippen molar-refractivity contribution in [2.24, 2.45) is 0 Å². The van der Waals surface area contributed by atoms with E-state index in [2.05, 4.69) is 10.3 Å². The molecule has 0 aliphatic carbocycles. The fourth-order valence-corrected chi connectivity index (χ4v) is 1.19. The van der Waals surface area contributed by atoms with E-state index in [1.807, 2.05) is 24.3 Å². The molecule has 4 nitrogen and oxygen atoms in total. The van der Waals surface area contributed by atoms with Crippen LogP contribution in [-0.2, 0) is 4.79 Å². The van der Waals surface area contributed by atoms with Crippen molar-refractivity contribution in [2.75, 3.05) is 7.05 Å². The Morgan fingerprint density at radius 1 is 1.47 bits per heavy atom. The Bertz CT molecular complexity index is 481. The molecular weight excluding hydrogens is 192 g/mol. The molecule has 1 aromatic heterocycles. The second kappa shape index (κ2) is 3.96. The number of para-hydroxylation sites is 2. The highest BCUT2D eigenvalue weighted by Gasteiger charge is 2.01. The topological polar surface area (TPSA) is 55.1 Å². The maximum Gasteiger partial charge on any atom is 0.243 e. The summed E-state index contributed by atoms with van der Waals surface area (Å²) in [4.78, 5) is 15.1. The number of carbonyl (C=O) groups excluding carboxylic acids is 1. The van der Waals surface area contributed by atoms with Crippen LogP contribution in [-0.4, -0.2) is 17.9 Å². The Morgan fingerprint density at radius 3 is 3.00 bits per heavy atom. The fraction of sp³-hybridized carbons (Fsp3) is 0.0909. The molecule has 0 atom stereocenters. The van der Waals surface area contributed by atoms with Crippen LogP contribution in [0.5, 0.6) is 0 Å². The van der Waals surface area contributed by atoms with Crippen molar-refractivity contribution in [1.82, 2.24) is 10.3 Å². The number of nitrogens with one attached hydrogen (secondary N) is 1. The standard InChI is InChI=1S/C11H10N2O2/c1-12-10(14)6-7-11-13-8-4-2-3-5-9(8)15-11/h2-7H,1H3,(H,12,14). The van der Waals surface area contributed by atoms with Crippen LogP contribution in [0.15, 0.2) is 34.8 Å². The summed E-state index contributed by atoms with van der Waals surface area (Å²) in [7, 11) is 1.57. The summed E-state index contributed by atoms with van der Waals surface area (Å²) in [6.07, 6.45) is 2.92. The molecular formula is C11H10N2O2. The average molecular weight is 202 g/mol. The van der Waals surface area contributed by atoms with E-state index >= 15 is 0 Å². The fourth-order valence-electron chi connectivity index (χ4n) is 1.19. The number of hydrogen-bond donors (Lipinski definition) is 1. The average Bonchev–Trinajstić information content (AvgIpc) is 2.68. The van der Waals surface area contributed by atoms with E-state index in [1.165, 1.54) is 6.08 Å².